The van der Waals surface area contributed by atoms with Crippen molar-refractivity contribution in [2.24, 2.45) is 0 Å². The maximum atomic E-state index is 5.45. The molecule has 3 aromatic rings. The van der Waals surface area contributed by atoms with E-state index in [1.807, 2.05) is 30.3 Å². The molecule has 1 aliphatic rings. The van der Waals surface area contributed by atoms with Gasteiger partial charge in [0.25, 0.3) is 5.89 Å². The first-order valence-corrected chi connectivity index (χ1v) is 7.20. The number of methoxy groups -OCH3 is 1. The largest absolute Gasteiger partial charge is 0.496 e. The van der Waals surface area contributed by atoms with Crippen LogP contribution in [0.5, 0.6) is 5.75 Å². The van der Waals surface area contributed by atoms with Crippen molar-refractivity contribution < 1.29 is 14.0 Å². The molecule has 0 amide bonds. The zero-order chi connectivity index (χ0) is 14.9. The van der Waals surface area contributed by atoms with Gasteiger partial charge < -0.3 is 14.0 Å². The molecule has 6 heteroatoms. The summed E-state index contributed by atoms with van der Waals surface area (Å²) in [5, 5.41) is 5.02. The first-order valence-electron chi connectivity index (χ1n) is 7.20. The number of para-hydroxylation sites is 1. The fourth-order valence-electron chi connectivity index (χ4n) is 2.66. The monoisotopic (exact) mass is 297 g/mol. The minimum absolute atomic E-state index is 0.208. The van der Waals surface area contributed by atoms with Gasteiger partial charge in [0.15, 0.2) is 5.82 Å². The molecule has 3 heterocycles. The van der Waals surface area contributed by atoms with Crippen molar-refractivity contribution in [1.29, 1.82) is 0 Å². The molecule has 0 bridgehead atoms. The van der Waals surface area contributed by atoms with Crippen LogP contribution >= 0.6 is 0 Å². The first-order chi connectivity index (χ1) is 10.8. The highest BCUT2D eigenvalue weighted by atomic mass is 16.5. The molecule has 4 rings (SSSR count). The van der Waals surface area contributed by atoms with Crippen molar-refractivity contribution in [1.82, 2.24) is 15.1 Å². The van der Waals surface area contributed by atoms with Crippen molar-refractivity contribution >= 4 is 10.9 Å². The molecule has 6 nitrogen and oxygen atoms in total. The van der Waals surface area contributed by atoms with Gasteiger partial charge in [-0.3, -0.25) is 0 Å². The molecule has 2 aromatic heterocycles. The summed E-state index contributed by atoms with van der Waals surface area (Å²) in [6.45, 7) is 1.39. The van der Waals surface area contributed by atoms with Crippen LogP contribution in [-0.4, -0.2) is 35.4 Å². The Hall–Kier alpha value is -2.47. The van der Waals surface area contributed by atoms with Crippen molar-refractivity contribution in [3.63, 3.8) is 0 Å². The van der Waals surface area contributed by atoms with E-state index >= 15 is 0 Å². The molecule has 1 fully saturated rings. The fourth-order valence-corrected chi connectivity index (χ4v) is 2.66. The average molecular weight is 297 g/mol. The zero-order valence-electron chi connectivity index (χ0n) is 12.2. The standard InChI is InChI=1S/C16H15N3O3/c1-20-14-8-13(17-12-5-3-2-4-11(12)14)16-18-15(19-22-16)10-6-7-21-9-10/h2-5,8,10H,6-7,9H2,1H3. The number of ether oxygens (including phenoxy) is 2. The van der Waals surface area contributed by atoms with Crippen molar-refractivity contribution in [2.45, 2.75) is 12.3 Å². The molecule has 0 spiro atoms. The Morgan fingerprint density at radius 1 is 1.23 bits per heavy atom. The summed E-state index contributed by atoms with van der Waals surface area (Å²) in [6, 6.07) is 9.62. The molecule has 1 aliphatic heterocycles. The molecule has 1 aromatic carbocycles. The highest BCUT2D eigenvalue weighted by Crippen LogP contribution is 2.30. The lowest BCUT2D eigenvalue weighted by molar-refractivity contribution is 0.192. The van der Waals surface area contributed by atoms with Crippen LogP contribution in [0, 0.1) is 0 Å². The molecular formula is C16H15N3O3. The highest BCUT2D eigenvalue weighted by molar-refractivity contribution is 5.87. The predicted octanol–water partition coefficient (Wildman–Crippen LogP) is 2.80. The molecule has 0 aliphatic carbocycles. The predicted molar refractivity (Wildman–Crippen MR) is 79.8 cm³/mol. The Kier molecular flexibility index (Phi) is 3.23. The maximum Gasteiger partial charge on any atom is 0.276 e. The summed E-state index contributed by atoms with van der Waals surface area (Å²) >= 11 is 0. The van der Waals surface area contributed by atoms with Gasteiger partial charge in [0, 0.05) is 24.0 Å². The summed E-state index contributed by atoms with van der Waals surface area (Å²) in [4.78, 5) is 9.06. The molecule has 1 atom stereocenters. The Morgan fingerprint density at radius 2 is 2.14 bits per heavy atom. The van der Waals surface area contributed by atoms with Gasteiger partial charge in [0.05, 0.1) is 19.2 Å². The van der Waals surface area contributed by atoms with Crippen LogP contribution in [0.3, 0.4) is 0 Å². The molecule has 112 valence electrons. The summed E-state index contributed by atoms with van der Waals surface area (Å²) in [6.07, 6.45) is 0.924. The van der Waals surface area contributed by atoms with Crippen molar-refractivity contribution in [3.8, 4) is 17.3 Å². The van der Waals surface area contributed by atoms with Crippen LogP contribution in [0.1, 0.15) is 18.2 Å². The van der Waals surface area contributed by atoms with E-state index in [-0.39, 0.29) is 5.92 Å². The van der Waals surface area contributed by atoms with Gasteiger partial charge in [0.1, 0.15) is 11.4 Å². The Morgan fingerprint density at radius 3 is 2.95 bits per heavy atom. The van der Waals surface area contributed by atoms with Gasteiger partial charge >= 0.3 is 0 Å². The number of pyridine rings is 1. The molecule has 1 unspecified atom stereocenters. The van der Waals surface area contributed by atoms with Crippen LogP contribution in [0.15, 0.2) is 34.9 Å². The Balaban J connectivity index is 1.77. The summed E-state index contributed by atoms with van der Waals surface area (Å²) in [5.74, 6) is 2.04. The minimum atomic E-state index is 0.208. The lowest BCUT2D eigenvalue weighted by atomic mass is 10.1. The molecule has 0 saturated carbocycles. The molecule has 1 saturated heterocycles. The Labute approximate surface area is 127 Å². The van der Waals surface area contributed by atoms with Gasteiger partial charge in [-0.25, -0.2) is 4.98 Å². The van der Waals surface area contributed by atoms with Crippen LogP contribution in [0.2, 0.25) is 0 Å². The fraction of sp³-hybridized carbons (Fsp3) is 0.312. The van der Waals surface area contributed by atoms with E-state index in [1.54, 1.807) is 7.11 Å². The second-order valence-electron chi connectivity index (χ2n) is 5.25. The average Bonchev–Trinajstić information content (AvgIpc) is 3.24. The van der Waals surface area contributed by atoms with Crippen molar-refractivity contribution in [2.75, 3.05) is 20.3 Å². The quantitative estimate of drug-likeness (QED) is 0.740. The summed E-state index contributed by atoms with van der Waals surface area (Å²) in [5.41, 5.74) is 1.45. The van der Waals surface area contributed by atoms with Crippen LogP contribution in [-0.2, 0) is 4.74 Å². The molecule has 22 heavy (non-hydrogen) atoms. The van der Waals surface area contributed by atoms with E-state index in [0.717, 1.165) is 29.7 Å². The second-order valence-corrected chi connectivity index (χ2v) is 5.25. The summed E-state index contributed by atoms with van der Waals surface area (Å²) < 4.78 is 16.2. The minimum Gasteiger partial charge on any atom is -0.496 e. The van der Waals surface area contributed by atoms with Crippen molar-refractivity contribution in [3.05, 3.63) is 36.2 Å². The maximum absolute atomic E-state index is 5.45. The van der Waals surface area contributed by atoms with Gasteiger partial charge in [-0.15, -0.1) is 0 Å². The number of benzene rings is 1. The van der Waals surface area contributed by atoms with E-state index < -0.39 is 0 Å². The Bertz CT molecular complexity index is 809. The number of aromatic nitrogens is 3. The lowest BCUT2D eigenvalue weighted by Gasteiger charge is -2.06. The molecular weight excluding hydrogens is 282 g/mol. The smallest absolute Gasteiger partial charge is 0.276 e. The number of rotatable bonds is 3. The third kappa shape index (κ3) is 2.21. The lowest BCUT2D eigenvalue weighted by Crippen LogP contribution is -1.99. The second kappa shape index (κ2) is 5.38. The topological polar surface area (TPSA) is 70.3 Å². The van der Waals surface area contributed by atoms with E-state index in [2.05, 4.69) is 15.1 Å². The van der Waals surface area contributed by atoms with E-state index in [4.69, 9.17) is 14.0 Å². The molecule has 0 radical (unpaired) electrons. The van der Waals surface area contributed by atoms with Crippen LogP contribution < -0.4 is 4.74 Å². The SMILES string of the molecule is COc1cc(-c2nc(C3CCOC3)no2)nc2ccccc12. The van der Waals surface area contributed by atoms with Gasteiger partial charge in [-0.05, 0) is 18.6 Å². The number of fused-ring (bicyclic) bond motifs is 1. The van der Waals surface area contributed by atoms with E-state index in [9.17, 15) is 0 Å². The van der Waals surface area contributed by atoms with Gasteiger partial charge in [0.2, 0.25) is 0 Å². The number of hydrogen-bond donors (Lipinski definition) is 0. The van der Waals surface area contributed by atoms with Crippen LogP contribution in [0.25, 0.3) is 22.5 Å². The third-order valence-electron chi connectivity index (χ3n) is 3.85. The third-order valence-corrected chi connectivity index (χ3v) is 3.85. The van der Waals surface area contributed by atoms with Gasteiger partial charge in [-0.2, -0.15) is 4.98 Å². The first kappa shape index (κ1) is 13.2. The van der Waals surface area contributed by atoms with Gasteiger partial charge in [-0.1, -0.05) is 17.3 Å². The highest BCUT2D eigenvalue weighted by Gasteiger charge is 2.24. The zero-order valence-corrected chi connectivity index (χ0v) is 12.2. The van der Waals surface area contributed by atoms with E-state index in [0.29, 0.717) is 24.0 Å². The van der Waals surface area contributed by atoms with Crippen LogP contribution in [0.4, 0.5) is 0 Å². The van der Waals surface area contributed by atoms with E-state index in [1.165, 1.54) is 0 Å². The number of nitrogens with zero attached hydrogens (tertiary/aromatic N) is 3. The number of hydrogen-bond acceptors (Lipinski definition) is 6. The normalized spacial score (nSPS) is 18.0. The molecule has 0 N–H and O–H groups in total. The summed E-state index contributed by atoms with van der Waals surface area (Å²) in [7, 11) is 1.64.